The quantitative estimate of drug-likeness (QED) is 0.684. The zero-order valence-corrected chi connectivity index (χ0v) is 15.8. The number of hydrogen-bond donors (Lipinski definition) is 2. The highest BCUT2D eigenvalue weighted by atomic mass is 32.2. The molecular formula is C16H20N4O4S2. The van der Waals surface area contributed by atoms with Crippen LogP contribution in [0.1, 0.15) is 18.9 Å². The van der Waals surface area contributed by atoms with E-state index in [1.807, 2.05) is 30.3 Å². The zero-order valence-electron chi connectivity index (χ0n) is 14.2. The van der Waals surface area contributed by atoms with Crippen molar-refractivity contribution in [1.29, 1.82) is 0 Å². The summed E-state index contributed by atoms with van der Waals surface area (Å²) in [7, 11) is -3.05. The molecule has 1 fully saturated rings. The van der Waals surface area contributed by atoms with Gasteiger partial charge in [0.1, 0.15) is 0 Å². The second-order valence-electron chi connectivity index (χ2n) is 6.25. The summed E-state index contributed by atoms with van der Waals surface area (Å²) in [6.45, 7) is 2.06. The molecule has 10 heteroatoms. The number of aromatic nitrogens is 3. The van der Waals surface area contributed by atoms with Crippen molar-refractivity contribution in [2.24, 2.45) is 0 Å². The fourth-order valence-electron chi connectivity index (χ4n) is 2.74. The number of rotatable bonds is 6. The summed E-state index contributed by atoms with van der Waals surface area (Å²) in [5.74, 6) is -0.175. The van der Waals surface area contributed by atoms with E-state index in [9.17, 15) is 18.0 Å². The van der Waals surface area contributed by atoms with Gasteiger partial charge in [-0.25, -0.2) is 18.3 Å². The van der Waals surface area contributed by atoms with Crippen LogP contribution < -0.4 is 11.0 Å². The Balaban J connectivity index is 1.65. The van der Waals surface area contributed by atoms with E-state index >= 15 is 0 Å². The van der Waals surface area contributed by atoms with Crippen LogP contribution >= 0.6 is 11.8 Å². The Morgan fingerprint density at radius 2 is 2.15 bits per heavy atom. The van der Waals surface area contributed by atoms with Gasteiger partial charge < -0.3 is 5.32 Å². The number of carbonyl (C=O) groups excluding carboxylic acids is 1. The summed E-state index contributed by atoms with van der Waals surface area (Å²) in [5.41, 5.74) is 0.608. The first kappa shape index (κ1) is 18.7. The Bertz CT molecular complexity index is 937. The van der Waals surface area contributed by atoms with Crippen LogP contribution in [0.3, 0.4) is 0 Å². The Kier molecular flexibility index (Phi) is 5.52. The van der Waals surface area contributed by atoms with Gasteiger partial charge in [-0.05, 0) is 18.9 Å². The Hall–Kier alpha value is -2.07. The lowest BCUT2D eigenvalue weighted by molar-refractivity contribution is -0.120. The monoisotopic (exact) mass is 396 g/mol. The van der Waals surface area contributed by atoms with Gasteiger partial charge in [-0.15, -0.1) is 5.10 Å². The Morgan fingerprint density at radius 3 is 2.81 bits per heavy atom. The predicted molar refractivity (Wildman–Crippen MR) is 98.9 cm³/mol. The third kappa shape index (κ3) is 4.55. The number of sulfone groups is 1. The number of thioether (sulfide) groups is 1. The molecule has 0 bridgehead atoms. The zero-order chi connectivity index (χ0) is 18.7. The highest BCUT2D eigenvalue weighted by Crippen LogP contribution is 2.21. The van der Waals surface area contributed by atoms with Gasteiger partial charge >= 0.3 is 5.69 Å². The van der Waals surface area contributed by atoms with Crippen molar-refractivity contribution in [2.75, 3.05) is 11.5 Å². The second-order valence-corrected chi connectivity index (χ2v) is 9.79. The normalized spacial score (nSPS) is 20.0. The molecule has 2 aromatic rings. The molecule has 3 rings (SSSR count). The van der Waals surface area contributed by atoms with Crippen LogP contribution in [0.25, 0.3) is 0 Å². The van der Waals surface area contributed by atoms with Crippen molar-refractivity contribution in [3.05, 3.63) is 46.4 Å². The molecule has 0 radical (unpaired) electrons. The lowest BCUT2D eigenvalue weighted by Crippen LogP contribution is -2.40. The second kappa shape index (κ2) is 7.67. The number of nitrogens with zero attached hydrogens (tertiary/aromatic N) is 2. The number of hydrogen-bond acceptors (Lipinski definition) is 6. The van der Waals surface area contributed by atoms with Gasteiger partial charge in [0.15, 0.2) is 15.0 Å². The van der Waals surface area contributed by atoms with Gasteiger partial charge in [-0.2, -0.15) is 0 Å². The molecule has 1 amide bonds. The SMILES string of the molecule is C[C@@H](Sc1n[nH]c(=O)n1Cc1ccccc1)C(=O)N[C@H]1CCS(=O)(=O)C1. The summed E-state index contributed by atoms with van der Waals surface area (Å²) in [5, 5.41) is 9.09. The minimum atomic E-state index is -3.05. The molecule has 0 unspecified atom stereocenters. The molecule has 2 N–H and O–H groups in total. The van der Waals surface area contributed by atoms with Gasteiger partial charge in [0.2, 0.25) is 5.91 Å². The molecule has 1 saturated heterocycles. The van der Waals surface area contributed by atoms with Crippen molar-refractivity contribution >= 4 is 27.5 Å². The van der Waals surface area contributed by atoms with E-state index in [1.54, 1.807) is 6.92 Å². The summed E-state index contributed by atoms with van der Waals surface area (Å²) in [4.78, 5) is 24.3. The predicted octanol–water partition coefficient (Wildman–Crippen LogP) is 0.404. The minimum Gasteiger partial charge on any atom is -0.351 e. The van der Waals surface area contributed by atoms with Crippen molar-refractivity contribution in [2.45, 2.75) is 36.3 Å². The number of H-pyrrole nitrogens is 1. The molecule has 1 aromatic heterocycles. The first-order chi connectivity index (χ1) is 12.3. The molecule has 0 spiro atoms. The molecule has 26 heavy (non-hydrogen) atoms. The Morgan fingerprint density at radius 1 is 1.42 bits per heavy atom. The van der Waals surface area contributed by atoms with E-state index in [4.69, 9.17) is 0 Å². The maximum atomic E-state index is 12.3. The fourth-order valence-corrected chi connectivity index (χ4v) is 5.28. The summed E-state index contributed by atoms with van der Waals surface area (Å²) < 4.78 is 24.5. The van der Waals surface area contributed by atoms with Crippen LogP contribution in [-0.4, -0.2) is 51.9 Å². The lowest BCUT2D eigenvalue weighted by Gasteiger charge is -2.15. The summed E-state index contributed by atoms with van der Waals surface area (Å²) >= 11 is 1.16. The molecule has 1 aromatic carbocycles. The smallest absolute Gasteiger partial charge is 0.344 e. The molecule has 8 nitrogen and oxygen atoms in total. The average molecular weight is 396 g/mol. The maximum absolute atomic E-state index is 12.3. The molecule has 2 heterocycles. The van der Waals surface area contributed by atoms with Gasteiger partial charge in [0.25, 0.3) is 0 Å². The van der Waals surface area contributed by atoms with Crippen LogP contribution in [0.5, 0.6) is 0 Å². The molecule has 0 aliphatic carbocycles. The largest absolute Gasteiger partial charge is 0.351 e. The number of aromatic amines is 1. The number of benzene rings is 1. The first-order valence-electron chi connectivity index (χ1n) is 8.20. The van der Waals surface area contributed by atoms with Gasteiger partial charge in [0, 0.05) is 6.04 Å². The number of carbonyl (C=O) groups is 1. The molecule has 2 atom stereocenters. The highest BCUT2D eigenvalue weighted by molar-refractivity contribution is 8.00. The van der Waals surface area contributed by atoms with E-state index in [0.29, 0.717) is 18.1 Å². The number of amides is 1. The third-order valence-electron chi connectivity index (χ3n) is 4.14. The van der Waals surface area contributed by atoms with E-state index in [0.717, 1.165) is 17.3 Å². The van der Waals surface area contributed by atoms with Crippen LogP contribution in [-0.2, 0) is 21.2 Å². The van der Waals surface area contributed by atoms with E-state index in [1.165, 1.54) is 4.57 Å². The van der Waals surface area contributed by atoms with Gasteiger partial charge in [0.05, 0.1) is 23.3 Å². The van der Waals surface area contributed by atoms with E-state index in [-0.39, 0.29) is 29.1 Å². The minimum absolute atomic E-state index is 0.0166. The van der Waals surface area contributed by atoms with Crippen LogP contribution in [0.15, 0.2) is 40.3 Å². The molecule has 0 saturated carbocycles. The Labute approximate surface area is 155 Å². The van der Waals surface area contributed by atoms with E-state index in [2.05, 4.69) is 15.5 Å². The molecule has 1 aliphatic rings. The van der Waals surface area contributed by atoms with Crippen molar-refractivity contribution in [3.63, 3.8) is 0 Å². The molecule has 140 valence electrons. The van der Waals surface area contributed by atoms with E-state index < -0.39 is 15.1 Å². The van der Waals surface area contributed by atoms with Crippen molar-refractivity contribution < 1.29 is 13.2 Å². The topological polar surface area (TPSA) is 114 Å². The maximum Gasteiger partial charge on any atom is 0.344 e. The first-order valence-corrected chi connectivity index (χ1v) is 10.9. The van der Waals surface area contributed by atoms with Crippen LogP contribution in [0.2, 0.25) is 0 Å². The molecular weight excluding hydrogens is 376 g/mol. The number of nitrogens with one attached hydrogen (secondary N) is 2. The molecule has 1 aliphatic heterocycles. The summed E-state index contributed by atoms with van der Waals surface area (Å²) in [6.07, 6.45) is 0.437. The average Bonchev–Trinajstić information content (AvgIpc) is 3.11. The lowest BCUT2D eigenvalue weighted by atomic mass is 10.2. The fraction of sp³-hybridized carbons (Fsp3) is 0.438. The standard InChI is InChI=1S/C16H20N4O4S2/c1-11(14(21)17-13-7-8-26(23,24)10-13)25-16-19-18-15(22)20(16)9-12-5-3-2-4-6-12/h2-6,11,13H,7-10H2,1H3,(H,17,21)(H,18,22)/t11-,13+/m1/s1. The third-order valence-corrected chi connectivity index (χ3v) is 7.00. The summed E-state index contributed by atoms with van der Waals surface area (Å²) in [6, 6.07) is 9.14. The van der Waals surface area contributed by atoms with Crippen LogP contribution in [0.4, 0.5) is 0 Å². The highest BCUT2D eigenvalue weighted by Gasteiger charge is 2.30. The van der Waals surface area contributed by atoms with Crippen LogP contribution in [0, 0.1) is 0 Å². The van der Waals surface area contributed by atoms with Gasteiger partial charge in [-0.3, -0.25) is 9.36 Å². The van der Waals surface area contributed by atoms with Crippen molar-refractivity contribution in [3.8, 4) is 0 Å². The van der Waals surface area contributed by atoms with Gasteiger partial charge in [-0.1, -0.05) is 42.1 Å². The van der Waals surface area contributed by atoms with Crippen molar-refractivity contribution in [1.82, 2.24) is 20.1 Å².